The van der Waals surface area contributed by atoms with Gasteiger partial charge in [0.2, 0.25) is 0 Å². The van der Waals surface area contributed by atoms with Crippen LogP contribution in [0.5, 0.6) is 0 Å². The molecule has 0 amide bonds. The molecule has 0 aliphatic carbocycles. The van der Waals surface area contributed by atoms with Crippen molar-refractivity contribution in [3.05, 3.63) is 35.4 Å². The first-order chi connectivity index (χ1) is 7.30. The molecule has 0 fully saturated rings. The van der Waals surface area contributed by atoms with Crippen LogP contribution in [-0.4, -0.2) is 11.8 Å². The van der Waals surface area contributed by atoms with Gasteiger partial charge < -0.3 is 5.73 Å². The lowest BCUT2D eigenvalue weighted by molar-refractivity contribution is -0.118. The first-order valence-electron chi connectivity index (χ1n) is 5.04. The van der Waals surface area contributed by atoms with E-state index in [2.05, 4.69) is 0 Å². The summed E-state index contributed by atoms with van der Waals surface area (Å²) >= 11 is 0. The lowest BCUT2D eigenvalue weighted by Crippen LogP contribution is -2.30. The molecule has 4 heteroatoms. The maximum atomic E-state index is 12.9. The minimum absolute atomic E-state index is 0.0346. The number of hydrogen-bond donors (Lipinski definition) is 1. The van der Waals surface area contributed by atoms with Gasteiger partial charge in [-0.1, -0.05) is 24.3 Å². The Hall–Kier alpha value is -1.29. The van der Waals surface area contributed by atoms with E-state index in [0.29, 0.717) is 6.42 Å². The third-order valence-electron chi connectivity index (χ3n) is 2.44. The fraction of sp³-hybridized carbons (Fsp3) is 0.417. The SMILES string of the molecule is CC(=O)[C@@H](N)Cc1ccc(C(C)(F)F)cc1. The summed E-state index contributed by atoms with van der Waals surface area (Å²) in [5.41, 5.74) is 6.33. The van der Waals surface area contributed by atoms with Gasteiger partial charge in [-0.05, 0) is 18.9 Å². The van der Waals surface area contributed by atoms with Gasteiger partial charge in [0.25, 0.3) is 5.92 Å². The van der Waals surface area contributed by atoms with E-state index in [0.717, 1.165) is 12.5 Å². The van der Waals surface area contributed by atoms with E-state index < -0.39 is 12.0 Å². The van der Waals surface area contributed by atoms with Crippen molar-refractivity contribution < 1.29 is 13.6 Å². The summed E-state index contributed by atoms with van der Waals surface area (Å²) in [6.07, 6.45) is 0.380. The second-order valence-electron chi connectivity index (χ2n) is 4.01. The summed E-state index contributed by atoms with van der Waals surface area (Å²) in [6.45, 7) is 2.27. The zero-order valence-corrected chi connectivity index (χ0v) is 9.34. The van der Waals surface area contributed by atoms with Crippen molar-refractivity contribution in [2.45, 2.75) is 32.2 Å². The maximum absolute atomic E-state index is 12.9. The molecule has 0 unspecified atom stereocenters. The van der Waals surface area contributed by atoms with Gasteiger partial charge in [-0.2, -0.15) is 0 Å². The highest BCUT2D eigenvalue weighted by Crippen LogP contribution is 2.26. The molecule has 0 heterocycles. The topological polar surface area (TPSA) is 43.1 Å². The average molecular weight is 227 g/mol. The largest absolute Gasteiger partial charge is 0.321 e. The van der Waals surface area contributed by atoms with Gasteiger partial charge in [-0.15, -0.1) is 0 Å². The van der Waals surface area contributed by atoms with E-state index in [1.54, 1.807) is 12.1 Å². The van der Waals surface area contributed by atoms with Gasteiger partial charge >= 0.3 is 0 Å². The highest BCUT2D eigenvalue weighted by molar-refractivity contribution is 5.81. The Morgan fingerprint density at radius 2 is 1.88 bits per heavy atom. The molecule has 1 aromatic rings. The van der Waals surface area contributed by atoms with Crippen LogP contribution < -0.4 is 5.73 Å². The number of rotatable bonds is 4. The quantitative estimate of drug-likeness (QED) is 0.857. The summed E-state index contributed by atoms with van der Waals surface area (Å²) in [4.78, 5) is 10.9. The number of carbonyl (C=O) groups is 1. The van der Waals surface area contributed by atoms with Crippen molar-refractivity contribution in [3.8, 4) is 0 Å². The van der Waals surface area contributed by atoms with E-state index >= 15 is 0 Å². The molecule has 0 radical (unpaired) electrons. The molecule has 0 bridgehead atoms. The molecule has 1 rings (SSSR count). The molecule has 0 saturated heterocycles. The summed E-state index contributed by atoms with van der Waals surface area (Å²) in [7, 11) is 0. The number of carbonyl (C=O) groups excluding carboxylic acids is 1. The second kappa shape index (κ2) is 4.70. The lowest BCUT2D eigenvalue weighted by atomic mass is 10.0. The minimum atomic E-state index is -2.83. The molecule has 16 heavy (non-hydrogen) atoms. The number of Topliss-reactive ketones (excluding diaryl/α,β-unsaturated/α-hetero) is 1. The van der Waals surface area contributed by atoms with Crippen LogP contribution in [0.15, 0.2) is 24.3 Å². The number of nitrogens with two attached hydrogens (primary N) is 1. The van der Waals surface area contributed by atoms with Crippen LogP contribution in [0.3, 0.4) is 0 Å². The van der Waals surface area contributed by atoms with E-state index in [-0.39, 0.29) is 11.3 Å². The fourth-order valence-electron chi connectivity index (χ4n) is 1.33. The predicted octanol–water partition coefficient (Wildman–Crippen LogP) is 2.26. The molecular formula is C12H15F2NO. The van der Waals surface area contributed by atoms with Gasteiger partial charge in [0.15, 0.2) is 0 Å². The van der Waals surface area contributed by atoms with E-state index in [4.69, 9.17) is 5.73 Å². The van der Waals surface area contributed by atoms with E-state index in [1.807, 2.05) is 0 Å². The first-order valence-corrected chi connectivity index (χ1v) is 5.04. The van der Waals surface area contributed by atoms with Crippen LogP contribution in [0.2, 0.25) is 0 Å². The summed E-state index contributed by atoms with van der Waals surface area (Å²) < 4.78 is 25.8. The Balaban J connectivity index is 2.76. The Labute approximate surface area is 93.5 Å². The molecule has 2 N–H and O–H groups in total. The zero-order chi connectivity index (χ0) is 12.3. The van der Waals surface area contributed by atoms with Crippen molar-refractivity contribution in [1.82, 2.24) is 0 Å². The van der Waals surface area contributed by atoms with Gasteiger partial charge in [0.05, 0.1) is 6.04 Å². The number of halogens is 2. The van der Waals surface area contributed by atoms with Crippen molar-refractivity contribution >= 4 is 5.78 Å². The lowest BCUT2D eigenvalue weighted by Gasteiger charge is -2.12. The van der Waals surface area contributed by atoms with Gasteiger partial charge in [0.1, 0.15) is 5.78 Å². The van der Waals surface area contributed by atoms with Crippen LogP contribution in [-0.2, 0) is 17.1 Å². The third-order valence-corrected chi connectivity index (χ3v) is 2.44. The summed E-state index contributed by atoms with van der Waals surface area (Å²) in [6, 6.07) is 5.32. The van der Waals surface area contributed by atoms with Crippen LogP contribution >= 0.6 is 0 Å². The highest BCUT2D eigenvalue weighted by Gasteiger charge is 2.23. The van der Waals surface area contributed by atoms with Crippen molar-refractivity contribution in [3.63, 3.8) is 0 Å². The standard InChI is InChI=1S/C12H15F2NO/c1-8(16)11(15)7-9-3-5-10(6-4-9)12(2,13)14/h3-6,11H,7,15H2,1-2H3/t11-/m0/s1. The number of benzene rings is 1. The number of ketones is 1. The van der Waals surface area contributed by atoms with Crippen LogP contribution in [0, 0.1) is 0 Å². The Kier molecular flexibility index (Phi) is 3.75. The maximum Gasteiger partial charge on any atom is 0.270 e. The Morgan fingerprint density at radius 1 is 1.38 bits per heavy atom. The first kappa shape index (κ1) is 12.8. The highest BCUT2D eigenvalue weighted by atomic mass is 19.3. The van der Waals surface area contributed by atoms with Gasteiger partial charge in [-0.3, -0.25) is 4.79 Å². The van der Waals surface area contributed by atoms with Gasteiger partial charge in [-0.25, -0.2) is 8.78 Å². The van der Waals surface area contributed by atoms with E-state index in [1.165, 1.54) is 19.1 Å². The molecule has 0 spiro atoms. The van der Waals surface area contributed by atoms with Crippen LogP contribution in [0.1, 0.15) is 25.0 Å². The molecule has 2 nitrogen and oxygen atoms in total. The summed E-state index contributed by atoms with van der Waals surface area (Å²) in [5.74, 6) is -2.94. The van der Waals surface area contributed by atoms with Crippen molar-refractivity contribution in [2.24, 2.45) is 5.73 Å². The molecule has 0 saturated carbocycles. The third kappa shape index (κ3) is 3.38. The smallest absolute Gasteiger partial charge is 0.270 e. The molecule has 1 atom stereocenters. The monoisotopic (exact) mass is 227 g/mol. The predicted molar refractivity (Wildman–Crippen MR) is 58.4 cm³/mol. The van der Waals surface area contributed by atoms with Crippen LogP contribution in [0.25, 0.3) is 0 Å². The Bertz CT molecular complexity index is 368. The van der Waals surface area contributed by atoms with Crippen molar-refractivity contribution in [1.29, 1.82) is 0 Å². The second-order valence-corrected chi connectivity index (χ2v) is 4.01. The molecule has 0 aliphatic heterocycles. The molecule has 0 aromatic heterocycles. The Morgan fingerprint density at radius 3 is 2.25 bits per heavy atom. The van der Waals surface area contributed by atoms with Crippen molar-refractivity contribution in [2.75, 3.05) is 0 Å². The molecule has 1 aromatic carbocycles. The summed E-state index contributed by atoms with van der Waals surface area (Å²) in [5, 5.41) is 0. The number of hydrogen-bond acceptors (Lipinski definition) is 2. The fourth-order valence-corrected chi connectivity index (χ4v) is 1.33. The average Bonchev–Trinajstić information content (AvgIpc) is 2.17. The molecular weight excluding hydrogens is 212 g/mol. The number of alkyl halides is 2. The molecule has 88 valence electrons. The molecule has 0 aliphatic rings. The zero-order valence-electron chi connectivity index (χ0n) is 9.34. The van der Waals surface area contributed by atoms with Gasteiger partial charge in [0, 0.05) is 12.5 Å². The minimum Gasteiger partial charge on any atom is -0.321 e. The van der Waals surface area contributed by atoms with Crippen LogP contribution in [0.4, 0.5) is 8.78 Å². The van der Waals surface area contributed by atoms with E-state index in [9.17, 15) is 13.6 Å². The normalized spacial score (nSPS) is 13.6.